The highest BCUT2D eigenvalue weighted by atomic mass is 32.2. The van der Waals surface area contributed by atoms with E-state index >= 15 is 0 Å². The highest BCUT2D eigenvalue weighted by Gasteiger charge is 2.03. The molecule has 0 bridgehead atoms. The largest absolute Gasteiger partial charge is 0.342 e. The molecule has 0 saturated carbocycles. The van der Waals surface area contributed by atoms with E-state index < -0.39 is 0 Å². The molecule has 0 radical (unpaired) electrons. The molecule has 1 aromatic carbocycles. The predicted octanol–water partition coefficient (Wildman–Crippen LogP) is 2.56. The van der Waals surface area contributed by atoms with Crippen molar-refractivity contribution in [2.24, 2.45) is 0 Å². The van der Waals surface area contributed by atoms with E-state index in [1.807, 2.05) is 31.5 Å². The molecule has 0 aromatic heterocycles. The fraction of sp³-hybridized carbons (Fsp3) is 0.308. The number of rotatable bonds is 5. The number of carbonyl (C=O) groups excluding carboxylic acids is 1. The second-order valence-electron chi connectivity index (χ2n) is 3.53. The fourth-order valence-corrected chi connectivity index (χ4v) is 1.56. The van der Waals surface area contributed by atoms with Crippen LogP contribution in [0.3, 0.4) is 0 Å². The van der Waals surface area contributed by atoms with Gasteiger partial charge in [-0.1, -0.05) is 30.3 Å². The van der Waals surface area contributed by atoms with Gasteiger partial charge in [-0.3, -0.25) is 4.79 Å². The third-order valence-corrected chi connectivity index (χ3v) is 2.71. The molecular weight excluding hydrogens is 218 g/mol. The van der Waals surface area contributed by atoms with E-state index in [2.05, 4.69) is 12.1 Å². The van der Waals surface area contributed by atoms with E-state index in [1.165, 1.54) is 17.3 Å². The van der Waals surface area contributed by atoms with E-state index in [4.69, 9.17) is 0 Å². The zero-order chi connectivity index (χ0) is 11.8. The van der Waals surface area contributed by atoms with Crippen LogP contribution in [0.25, 0.3) is 0 Å². The van der Waals surface area contributed by atoms with Gasteiger partial charge in [0.2, 0.25) is 5.91 Å². The summed E-state index contributed by atoms with van der Waals surface area (Å²) in [5, 5.41) is 1.81. The molecule has 0 heterocycles. The summed E-state index contributed by atoms with van der Waals surface area (Å²) in [6.07, 6.45) is 4.44. The van der Waals surface area contributed by atoms with Crippen molar-refractivity contribution in [1.29, 1.82) is 0 Å². The Kier molecular flexibility index (Phi) is 5.72. The SMILES string of the molecule is CSC=CC(=O)N(C)CCc1ccccc1. The van der Waals surface area contributed by atoms with Crippen LogP contribution in [-0.4, -0.2) is 30.7 Å². The van der Waals surface area contributed by atoms with Gasteiger partial charge in [-0.2, -0.15) is 0 Å². The molecule has 1 aromatic rings. The Balaban J connectivity index is 2.38. The first-order chi connectivity index (χ1) is 7.74. The summed E-state index contributed by atoms with van der Waals surface area (Å²) in [6, 6.07) is 10.2. The molecule has 0 spiro atoms. The van der Waals surface area contributed by atoms with Gasteiger partial charge in [0, 0.05) is 19.7 Å². The summed E-state index contributed by atoms with van der Waals surface area (Å²) in [5.41, 5.74) is 1.26. The zero-order valence-corrected chi connectivity index (χ0v) is 10.5. The van der Waals surface area contributed by atoms with E-state index in [9.17, 15) is 4.79 Å². The number of thioether (sulfide) groups is 1. The van der Waals surface area contributed by atoms with Crippen molar-refractivity contribution in [1.82, 2.24) is 4.90 Å². The average molecular weight is 235 g/mol. The van der Waals surface area contributed by atoms with Gasteiger partial charge >= 0.3 is 0 Å². The van der Waals surface area contributed by atoms with Crippen LogP contribution in [0.15, 0.2) is 41.8 Å². The lowest BCUT2D eigenvalue weighted by molar-refractivity contribution is -0.124. The molecule has 1 rings (SSSR count). The molecule has 1 amide bonds. The molecule has 0 atom stereocenters. The Labute approximate surface area is 101 Å². The molecule has 16 heavy (non-hydrogen) atoms. The number of benzene rings is 1. The maximum Gasteiger partial charge on any atom is 0.246 e. The number of hydrogen-bond donors (Lipinski definition) is 0. The Morgan fingerprint density at radius 1 is 1.38 bits per heavy atom. The maximum absolute atomic E-state index is 11.5. The average Bonchev–Trinajstić information content (AvgIpc) is 2.34. The quantitative estimate of drug-likeness (QED) is 0.731. The fourth-order valence-electron chi connectivity index (χ4n) is 1.31. The molecular formula is C13H17NOS. The molecule has 2 nitrogen and oxygen atoms in total. The lowest BCUT2D eigenvalue weighted by Crippen LogP contribution is -2.26. The second kappa shape index (κ2) is 7.12. The van der Waals surface area contributed by atoms with Gasteiger partial charge in [-0.15, -0.1) is 11.8 Å². The Hall–Kier alpha value is -1.22. The first-order valence-electron chi connectivity index (χ1n) is 5.22. The minimum atomic E-state index is 0.0604. The Bertz CT molecular complexity index is 348. The molecule has 86 valence electrons. The van der Waals surface area contributed by atoms with Gasteiger partial charge in [0.05, 0.1) is 0 Å². The minimum Gasteiger partial charge on any atom is -0.342 e. The van der Waals surface area contributed by atoms with Crippen LogP contribution in [0.1, 0.15) is 5.56 Å². The normalized spacial score (nSPS) is 10.6. The summed E-state index contributed by atoms with van der Waals surface area (Å²) >= 11 is 1.53. The summed E-state index contributed by atoms with van der Waals surface area (Å²) < 4.78 is 0. The topological polar surface area (TPSA) is 20.3 Å². The van der Waals surface area contributed by atoms with Crippen LogP contribution in [0, 0.1) is 0 Å². The van der Waals surface area contributed by atoms with Crippen molar-refractivity contribution in [2.45, 2.75) is 6.42 Å². The molecule has 0 saturated heterocycles. The van der Waals surface area contributed by atoms with Crippen LogP contribution >= 0.6 is 11.8 Å². The van der Waals surface area contributed by atoms with Gasteiger partial charge in [-0.25, -0.2) is 0 Å². The van der Waals surface area contributed by atoms with E-state index in [-0.39, 0.29) is 5.91 Å². The monoisotopic (exact) mass is 235 g/mol. The third-order valence-electron chi connectivity index (χ3n) is 2.30. The van der Waals surface area contributed by atoms with E-state index in [0.717, 1.165) is 13.0 Å². The first kappa shape index (κ1) is 12.8. The van der Waals surface area contributed by atoms with Crippen LogP contribution in [0.4, 0.5) is 0 Å². The lowest BCUT2D eigenvalue weighted by atomic mass is 10.1. The number of carbonyl (C=O) groups is 1. The standard InChI is InChI=1S/C13H17NOS/c1-14(13(15)9-11-16-2)10-8-12-6-4-3-5-7-12/h3-7,9,11H,8,10H2,1-2H3. The lowest BCUT2D eigenvalue weighted by Gasteiger charge is -2.14. The molecule has 0 N–H and O–H groups in total. The highest BCUT2D eigenvalue weighted by Crippen LogP contribution is 2.01. The Morgan fingerprint density at radius 2 is 2.06 bits per heavy atom. The second-order valence-corrected chi connectivity index (χ2v) is 4.28. The molecule has 3 heteroatoms. The van der Waals surface area contributed by atoms with Crippen LogP contribution < -0.4 is 0 Å². The van der Waals surface area contributed by atoms with Crippen molar-refractivity contribution in [3.63, 3.8) is 0 Å². The first-order valence-corrected chi connectivity index (χ1v) is 6.51. The molecule has 0 aliphatic rings. The van der Waals surface area contributed by atoms with Gasteiger partial charge < -0.3 is 4.90 Å². The summed E-state index contributed by atoms with van der Waals surface area (Å²) in [4.78, 5) is 13.3. The van der Waals surface area contributed by atoms with Crippen molar-refractivity contribution in [2.75, 3.05) is 19.8 Å². The van der Waals surface area contributed by atoms with Gasteiger partial charge in [0.25, 0.3) is 0 Å². The number of hydrogen-bond acceptors (Lipinski definition) is 2. The number of amides is 1. The summed E-state index contributed by atoms with van der Waals surface area (Å²) in [5.74, 6) is 0.0604. The minimum absolute atomic E-state index is 0.0604. The van der Waals surface area contributed by atoms with Crippen LogP contribution in [0.2, 0.25) is 0 Å². The highest BCUT2D eigenvalue weighted by molar-refractivity contribution is 8.01. The van der Waals surface area contributed by atoms with Crippen molar-refractivity contribution < 1.29 is 4.79 Å². The Morgan fingerprint density at radius 3 is 2.69 bits per heavy atom. The molecule has 0 aliphatic heterocycles. The predicted molar refractivity (Wildman–Crippen MR) is 70.4 cm³/mol. The van der Waals surface area contributed by atoms with Gasteiger partial charge in [0.1, 0.15) is 0 Å². The zero-order valence-electron chi connectivity index (χ0n) is 9.72. The van der Waals surface area contributed by atoms with E-state index in [1.54, 1.807) is 16.4 Å². The van der Waals surface area contributed by atoms with Gasteiger partial charge in [0.15, 0.2) is 0 Å². The summed E-state index contributed by atoms with van der Waals surface area (Å²) in [7, 11) is 1.83. The van der Waals surface area contributed by atoms with Crippen LogP contribution in [-0.2, 0) is 11.2 Å². The molecule has 0 fully saturated rings. The number of nitrogens with zero attached hydrogens (tertiary/aromatic N) is 1. The molecule has 0 unspecified atom stereocenters. The number of likely N-dealkylation sites (N-methyl/N-ethyl adjacent to an activating group) is 1. The van der Waals surface area contributed by atoms with Crippen molar-refractivity contribution >= 4 is 17.7 Å². The van der Waals surface area contributed by atoms with Gasteiger partial charge in [-0.05, 0) is 23.6 Å². The smallest absolute Gasteiger partial charge is 0.246 e. The van der Waals surface area contributed by atoms with Crippen molar-refractivity contribution in [3.8, 4) is 0 Å². The van der Waals surface area contributed by atoms with E-state index in [0.29, 0.717) is 0 Å². The maximum atomic E-state index is 11.5. The summed E-state index contributed by atoms with van der Waals surface area (Å²) in [6.45, 7) is 0.752. The van der Waals surface area contributed by atoms with Crippen molar-refractivity contribution in [3.05, 3.63) is 47.4 Å². The third kappa shape index (κ3) is 4.53. The molecule has 0 aliphatic carbocycles. The van der Waals surface area contributed by atoms with Crippen LogP contribution in [0.5, 0.6) is 0 Å².